The van der Waals surface area contributed by atoms with Gasteiger partial charge in [0.05, 0.1) is 30.6 Å². The number of benzene rings is 2. The maximum Gasteiger partial charge on any atom is 0.230 e. The molecule has 0 radical (unpaired) electrons. The van der Waals surface area contributed by atoms with Gasteiger partial charge in [-0.2, -0.15) is 5.10 Å². The number of hydrogen-bond donors (Lipinski definition) is 1. The van der Waals surface area contributed by atoms with Gasteiger partial charge in [0, 0.05) is 28.1 Å². The highest BCUT2D eigenvalue weighted by molar-refractivity contribution is 7.12. The van der Waals surface area contributed by atoms with E-state index in [1.807, 2.05) is 60.3 Å². The Hall–Kier alpha value is -3.16. The molecule has 6 nitrogen and oxygen atoms in total. The van der Waals surface area contributed by atoms with Crippen molar-refractivity contribution in [2.45, 2.75) is 26.7 Å². The number of hydrogen-bond acceptors (Lipinski definition) is 5. The number of halogens is 1. The van der Waals surface area contributed by atoms with Crippen molar-refractivity contribution in [3.05, 3.63) is 87.1 Å². The molecule has 2 aromatic heterocycles. The van der Waals surface area contributed by atoms with Crippen LogP contribution < -0.4 is 10.1 Å². The average molecular weight is 467 g/mol. The van der Waals surface area contributed by atoms with E-state index in [1.54, 1.807) is 19.2 Å². The van der Waals surface area contributed by atoms with Crippen molar-refractivity contribution in [3.8, 4) is 10.9 Å². The van der Waals surface area contributed by atoms with Crippen molar-refractivity contribution in [2.75, 3.05) is 12.4 Å². The van der Waals surface area contributed by atoms with Crippen molar-refractivity contribution in [1.29, 1.82) is 0 Å². The Balaban J connectivity index is 1.50. The molecular weight excluding hydrogens is 444 g/mol. The molecule has 2 aromatic carbocycles. The Kier molecular flexibility index (Phi) is 6.58. The first-order valence-electron chi connectivity index (χ1n) is 10.1. The van der Waals surface area contributed by atoms with Crippen LogP contribution >= 0.6 is 22.9 Å². The zero-order valence-corrected chi connectivity index (χ0v) is 19.6. The number of para-hydroxylation sites is 2. The first-order chi connectivity index (χ1) is 15.5. The lowest BCUT2D eigenvalue weighted by Gasteiger charge is -2.09. The van der Waals surface area contributed by atoms with Gasteiger partial charge in [-0.1, -0.05) is 41.9 Å². The molecule has 32 heavy (non-hydrogen) atoms. The summed E-state index contributed by atoms with van der Waals surface area (Å²) in [4.78, 5) is 17.2. The molecule has 4 rings (SSSR count). The summed E-state index contributed by atoms with van der Waals surface area (Å²) in [5, 5.41) is 10.9. The van der Waals surface area contributed by atoms with Crippen molar-refractivity contribution in [2.24, 2.45) is 0 Å². The van der Waals surface area contributed by atoms with Gasteiger partial charge in [-0.25, -0.2) is 9.67 Å². The molecule has 2 heterocycles. The minimum atomic E-state index is -0.154. The number of aromatic nitrogens is 3. The molecule has 0 atom stereocenters. The zero-order valence-electron chi connectivity index (χ0n) is 18.1. The van der Waals surface area contributed by atoms with Gasteiger partial charge >= 0.3 is 0 Å². The first-order valence-corrected chi connectivity index (χ1v) is 11.4. The van der Waals surface area contributed by atoms with Crippen molar-refractivity contribution < 1.29 is 9.53 Å². The highest BCUT2D eigenvalue weighted by atomic mass is 35.5. The maximum atomic E-state index is 12.5. The molecule has 0 unspecified atom stereocenters. The molecule has 0 spiro atoms. The third kappa shape index (κ3) is 4.69. The Morgan fingerprint density at radius 1 is 1.16 bits per heavy atom. The van der Waals surface area contributed by atoms with Crippen LogP contribution in [0.15, 0.2) is 53.9 Å². The lowest BCUT2D eigenvalue weighted by atomic mass is 10.0. The maximum absolute atomic E-state index is 12.5. The number of nitrogens with zero attached hydrogens (tertiary/aromatic N) is 3. The number of amides is 1. The second-order valence-corrected chi connectivity index (χ2v) is 8.62. The average Bonchev–Trinajstić information content (AvgIpc) is 3.35. The molecular formula is C24H23ClN4O2S. The molecule has 0 aliphatic carbocycles. The van der Waals surface area contributed by atoms with Gasteiger partial charge < -0.3 is 10.1 Å². The second kappa shape index (κ2) is 9.54. The molecule has 8 heteroatoms. The van der Waals surface area contributed by atoms with Crippen molar-refractivity contribution in [3.63, 3.8) is 0 Å². The van der Waals surface area contributed by atoms with Crippen LogP contribution in [0, 0.1) is 13.8 Å². The van der Waals surface area contributed by atoms with Gasteiger partial charge in [0.15, 0.2) is 0 Å². The summed E-state index contributed by atoms with van der Waals surface area (Å²) in [5.41, 5.74) is 5.47. The summed E-state index contributed by atoms with van der Waals surface area (Å²) in [6, 6.07) is 15.2. The Labute approximate surface area is 195 Å². The van der Waals surface area contributed by atoms with Crippen molar-refractivity contribution >= 4 is 34.5 Å². The van der Waals surface area contributed by atoms with E-state index in [2.05, 4.69) is 10.3 Å². The smallest absolute Gasteiger partial charge is 0.230 e. The number of nitrogens with one attached hydrogen (secondary N) is 1. The fourth-order valence-corrected chi connectivity index (χ4v) is 4.56. The molecule has 0 saturated heterocycles. The fourth-order valence-electron chi connectivity index (χ4n) is 3.53. The number of carbonyl (C=O) groups excluding carboxylic acids is 1. The van der Waals surface area contributed by atoms with Crippen LogP contribution in [-0.4, -0.2) is 27.8 Å². The molecule has 0 fully saturated rings. The van der Waals surface area contributed by atoms with E-state index in [0.717, 1.165) is 32.7 Å². The number of ether oxygens (including phenoxy) is 1. The van der Waals surface area contributed by atoms with Crippen LogP contribution in [0.2, 0.25) is 5.02 Å². The highest BCUT2D eigenvalue weighted by Gasteiger charge is 2.17. The van der Waals surface area contributed by atoms with Crippen LogP contribution in [0.25, 0.3) is 5.13 Å². The predicted molar refractivity (Wildman–Crippen MR) is 128 cm³/mol. The predicted octanol–water partition coefficient (Wildman–Crippen LogP) is 5.38. The minimum absolute atomic E-state index is 0.154. The van der Waals surface area contributed by atoms with Gasteiger partial charge in [0.25, 0.3) is 0 Å². The van der Waals surface area contributed by atoms with Gasteiger partial charge in [-0.05, 0) is 37.6 Å². The fraction of sp³-hybridized carbons (Fsp3) is 0.208. The molecule has 0 aliphatic heterocycles. The highest BCUT2D eigenvalue weighted by Crippen LogP contribution is 2.26. The van der Waals surface area contributed by atoms with Crippen LogP contribution in [0.1, 0.15) is 28.2 Å². The van der Waals surface area contributed by atoms with Crippen molar-refractivity contribution in [1.82, 2.24) is 14.8 Å². The molecule has 0 saturated carbocycles. The number of rotatable bonds is 7. The number of carbonyl (C=O) groups is 1. The summed E-state index contributed by atoms with van der Waals surface area (Å²) in [6.07, 6.45) is 0.872. The summed E-state index contributed by atoms with van der Waals surface area (Å²) < 4.78 is 7.13. The third-order valence-corrected chi connectivity index (χ3v) is 6.44. The van der Waals surface area contributed by atoms with Crippen LogP contribution in [-0.2, 0) is 17.6 Å². The van der Waals surface area contributed by atoms with Gasteiger partial charge in [-0.3, -0.25) is 4.79 Å². The SMILES string of the molecule is COc1ccccc1NC(=O)Cc1csc(-n2nc(C)c(Cc3ccccc3Cl)c2C)n1. The van der Waals surface area contributed by atoms with Crippen LogP contribution in [0.3, 0.4) is 0 Å². The summed E-state index contributed by atoms with van der Waals surface area (Å²) >= 11 is 7.81. The van der Waals surface area contributed by atoms with E-state index >= 15 is 0 Å². The summed E-state index contributed by atoms with van der Waals surface area (Å²) in [6.45, 7) is 4.02. The summed E-state index contributed by atoms with van der Waals surface area (Å²) in [5.74, 6) is 0.465. The number of aryl methyl sites for hydroxylation is 1. The lowest BCUT2D eigenvalue weighted by molar-refractivity contribution is -0.115. The normalized spacial score (nSPS) is 10.9. The number of methoxy groups -OCH3 is 1. The number of thiazole rings is 1. The van der Waals surface area contributed by atoms with E-state index in [4.69, 9.17) is 21.4 Å². The minimum Gasteiger partial charge on any atom is -0.495 e. The van der Waals surface area contributed by atoms with Gasteiger partial charge in [0.2, 0.25) is 11.0 Å². The standard InChI is InChI=1S/C24H23ClN4O2S/c1-15-19(12-17-8-4-5-9-20(17)25)16(2)29(28-15)24-26-18(14-32-24)13-23(30)27-21-10-6-7-11-22(21)31-3/h4-11,14H,12-13H2,1-3H3,(H,27,30). The molecule has 4 aromatic rings. The van der Waals surface area contributed by atoms with E-state index in [-0.39, 0.29) is 12.3 Å². The second-order valence-electron chi connectivity index (χ2n) is 7.38. The lowest BCUT2D eigenvalue weighted by Crippen LogP contribution is -2.15. The van der Waals surface area contributed by atoms with E-state index < -0.39 is 0 Å². The Morgan fingerprint density at radius 3 is 2.69 bits per heavy atom. The zero-order chi connectivity index (χ0) is 22.7. The third-order valence-electron chi connectivity index (χ3n) is 5.21. The van der Waals surface area contributed by atoms with Crippen LogP contribution in [0.4, 0.5) is 5.69 Å². The Bertz CT molecular complexity index is 1260. The monoisotopic (exact) mass is 466 g/mol. The quantitative estimate of drug-likeness (QED) is 0.397. The molecule has 0 bridgehead atoms. The number of anilines is 1. The summed E-state index contributed by atoms with van der Waals surface area (Å²) in [7, 11) is 1.58. The molecule has 0 aliphatic rings. The van der Waals surface area contributed by atoms with E-state index in [0.29, 0.717) is 23.6 Å². The molecule has 164 valence electrons. The van der Waals surface area contributed by atoms with E-state index in [9.17, 15) is 4.79 Å². The van der Waals surface area contributed by atoms with Gasteiger partial charge in [0.1, 0.15) is 5.75 Å². The molecule has 1 N–H and O–H groups in total. The van der Waals surface area contributed by atoms with E-state index in [1.165, 1.54) is 11.3 Å². The largest absolute Gasteiger partial charge is 0.495 e. The topological polar surface area (TPSA) is 69.0 Å². The Morgan fingerprint density at radius 2 is 1.91 bits per heavy atom. The van der Waals surface area contributed by atoms with Gasteiger partial charge in [-0.15, -0.1) is 11.3 Å². The van der Waals surface area contributed by atoms with Crippen LogP contribution in [0.5, 0.6) is 5.75 Å². The first kappa shape index (κ1) is 22.0. The molecule has 1 amide bonds.